The molecule has 0 spiro atoms. The van der Waals surface area contributed by atoms with E-state index in [9.17, 15) is 8.78 Å². The Kier molecular flexibility index (Phi) is 2.50. The quantitative estimate of drug-likeness (QED) is 0.730. The van der Waals surface area contributed by atoms with Crippen LogP contribution in [0, 0.1) is 11.6 Å². The first-order chi connectivity index (χ1) is 6.66. The lowest BCUT2D eigenvalue weighted by atomic mass is 10.0. The number of nitrogens with one attached hydrogen (secondary N) is 1. The highest BCUT2D eigenvalue weighted by atomic mass is 19.1. The van der Waals surface area contributed by atoms with Crippen LogP contribution in [0.15, 0.2) is 18.2 Å². The highest BCUT2D eigenvalue weighted by molar-refractivity contribution is 5.23. The summed E-state index contributed by atoms with van der Waals surface area (Å²) in [4.78, 5) is 0. The Morgan fingerprint density at radius 1 is 1.29 bits per heavy atom. The molecule has 1 heterocycles. The molecule has 3 heteroatoms. The second kappa shape index (κ2) is 3.65. The van der Waals surface area contributed by atoms with E-state index in [-0.39, 0.29) is 6.04 Å². The van der Waals surface area contributed by atoms with Gasteiger partial charge in [0.05, 0.1) is 0 Å². The van der Waals surface area contributed by atoms with Crippen molar-refractivity contribution in [2.45, 2.75) is 31.8 Å². The molecular formula is C11H13F2N. The van der Waals surface area contributed by atoms with Gasteiger partial charge in [-0.3, -0.25) is 0 Å². The molecule has 0 radical (unpaired) electrons. The Hall–Kier alpha value is -0.960. The van der Waals surface area contributed by atoms with Crippen LogP contribution in [0.5, 0.6) is 0 Å². The zero-order valence-electron chi connectivity index (χ0n) is 8.06. The van der Waals surface area contributed by atoms with Gasteiger partial charge in [0.1, 0.15) is 11.6 Å². The van der Waals surface area contributed by atoms with Crippen molar-refractivity contribution in [3.8, 4) is 0 Å². The zero-order chi connectivity index (χ0) is 10.1. The Balaban J connectivity index is 2.24. The maximum absolute atomic E-state index is 13.3. The third-order valence-corrected chi connectivity index (χ3v) is 2.71. The summed E-state index contributed by atoms with van der Waals surface area (Å²) in [6.45, 7) is 2.07. The molecule has 14 heavy (non-hydrogen) atoms. The summed E-state index contributed by atoms with van der Waals surface area (Å²) in [5, 5.41) is 3.27. The predicted octanol–water partition coefficient (Wildman–Crippen LogP) is 2.78. The minimum atomic E-state index is -0.516. The molecule has 0 bridgehead atoms. The van der Waals surface area contributed by atoms with Gasteiger partial charge in [0.15, 0.2) is 0 Å². The van der Waals surface area contributed by atoms with Gasteiger partial charge in [0, 0.05) is 23.7 Å². The number of hydrogen-bond donors (Lipinski definition) is 1. The zero-order valence-corrected chi connectivity index (χ0v) is 8.06. The van der Waals surface area contributed by atoms with Crippen molar-refractivity contribution in [1.82, 2.24) is 5.32 Å². The number of hydrogen-bond acceptors (Lipinski definition) is 1. The standard InChI is InChI=1S/C11H13F2N/c1-7-2-5-11(14-7)9-4-3-8(12)6-10(9)13/h3-4,6-7,11,14H,2,5H2,1H3/t7-,11?/m0/s1. The van der Waals surface area contributed by atoms with Crippen LogP contribution in [0.3, 0.4) is 0 Å². The van der Waals surface area contributed by atoms with E-state index in [0.29, 0.717) is 11.6 Å². The summed E-state index contributed by atoms with van der Waals surface area (Å²) in [6.07, 6.45) is 1.96. The van der Waals surface area contributed by atoms with Gasteiger partial charge in [-0.1, -0.05) is 6.07 Å². The van der Waals surface area contributed by atoms with E-state index in [1.54, 1.807) is 0 Å². The molecule has 1 unspecified atom stereocenters. The first-order valence-electron chi connectivity index (χ1n) is 4.88. The van der Waals surface area contributed by atoms with Gasteiger partial charge in [-0.2, -0.15) is 0 Å². The van der Waals surface area contributed by atoms with Crippen molar-refractivity contribution in [2.24, 2.45) is 0 Å². The summed E-state index contributed by atoms with van der Waals surface area (Å²) in [5.74, 6) is -0.964. The van der Waals surface area contributed by atoms with Crippen LogP contribution in [-0.2, 0) is 0 Å². The highest BCUT2D eigenvalue weighted by Gasteiger charge is 2.23. The van der Waals surface area contributed by atoms with E-state index < -0.39 is 11.6 Å². The second-order valence-electron chi connectivity index (χ2n) is 3.86. The molecule has 1 N–H and O–H groups in total. The molecule has 2 rings (SSSR count). The van der Waals surface area contributed by atoms with E-state index in [4.69, 9.17) is 0 Å². The van der Waals surface area contributed by atoms with Crippen molar-refractivity contribution in [3.63, 3.8) is 0 Å². The molecule has 2 atom stereocenters. The Labute approximate surface area is 82.1 Å². The summed E-state index contributed by atoms with van der Waals surface area (Å²) in [6, 6.07) is 4.25. The topological polar surface area (TPSA) is 12.0 Å². The van der Waals surface area contributed by atoms with Crippen molar-refractivity contribution >= 4 is 0 Å². The van der Waals surface area contributed by atoms with Gasteiger partial charge in [0.25, 0.3) is 0 Å². The second-order valence-corrected chi connectivity index (χ2v) is 3.86. The molecule has 0 saturated carbocycles. The van der Waals surface area contributed by atoms with Crippen molar-refractivity contribution in [1.29, 1.82) is 0 Å². The smallest absolute Gasteiger partial charge is 0.130 e. The maximum Gasteiger partial charge on any atom is 0.130 e. The van der Waals surface area contributed by atoms with Gasteiger partial charge < -0.3 is 5.32 Å². The molecule has 1 aromatic carbocycles. The van der Waals surface area contributed by atoms with Gasteiger partial charge in [-0.05, 0) is 25.8 Å². The Morgan fingerprint density at radius 2 is 2.07 bits per heavy atom. The molecule has 1 aliphatic heterocycles. The molecule has 0 amide bonds. The summed E-state index contributed by atoms with van der Waals surface area (Å²) in [7, 11) is 0. The van der Waals surface area contributed by atoms with E-state index in [1.807, 2.05) is 0 Å². The molecule has 0 aliphatic carbocycles. The molecule has 0 aromatic heterocycles. The minimum Gasteiger partial charge on any atom is -0.307 e. The molecule has 1 aliphatic rings. The minimum absolute atomic E-state index is 0.0469. The number of rotatable bonds is 1. The van der Waals surface area contributed by atoms with Crippen molar-refractivity contribution < 1.29 is 8.78 Å². The lowest BCUT2D eigenvalue weighted by Gasteiger charge is -2.12. The molecule has 1 saturated heterocycles. The van der Waals surface area contributed by atoms with Crippen LogP contribution in [0.2, 0.25) is 0 Å². The summed E-state index contributed by atoms with van der Waals surface area (Å²) < 4.78 is 26.0. The molecule has 1 fully saturated rings. The molecule has 1 nitrogen and oxygen atoms in total. The fourth-order valence-corrected chi connectivity index (χ4v) is 1.96. The van der Waals surface area contributed by atoms with Gasteiger partial charge in [-0.15, -0.1) is 0 Å². The van der Waals surface area contributed by atoms with Crippen LogP contribution < -0.4 is 5.32 Å². The van der Waals surface area contributed by atoms with Crippen LogP contribution in [0.4, 0.5) is 8.78 Å². The first-order valence-corrected chi connectivity index (χ1v) is 4.88. The first kappa shape index (κ1) is 9.59. The lowest BCUT2D eigenvalue weighted by Crippen LogP contribution is -2.21. The average Bonchev–Trinajstić information content (AvgIpc) is 2.51. The summed E-state index contributed by atoms with van der Waals surface area (Å²) >= 11 is 0. The Bertz CT molecular complexity index is 338. The van der Waals surface area contributed by atoms with Crippen LogP contribution in [-0.4, -0.2) is 6.04 Å². The van der Waals surface area contributed by atoms with Gasteiger partial charge in [0.2, 0.25) is 0 Å². The molecule has 76 valence electrons. The third kappa shape index (κ3) is 1.77. The third-order valence-electron chi connectivity index (χ3n) is 2.71. The normalized spacial score (nSPS) is 26.8. The predicted molar refractivity (Wildman–Crippen MR) is 50.9 cm³/mol. The van der Waals surface area contributed by atoms with E-state index in [2.05, 4.69) is 12.2 Å². The van der Waals surface area contributed by atoms with Gasteiger partial charge in [-0.25, -0.2) is 8.78 Å². The van der Waals surface area contributed by atoms with E-state index >= 15 is 0 Å². The number of halogens is 2. The lowest BCUT2D eigenvalue weighted by molar-refractivity contribution is 0.526. The average molecular weight is 197 g/mol. The fraction of sp³-hybridized carbons (Fsp3) is 0.455. The van der Waals surface area contributed by atoms with Crippen LogP contribution in [0.1, 0.15) is 31.4 Å². The van der Waals surface area contributed by atoms with Crippen molar-refractivity contribution in [2.75, 3.05) is 0 Å². The van der Waals surface area contributed by atoms with Crippen LogP contribution in [0.25, 0.3) is 0 Å². The largest absolute Gasteiger partial charge is 0.307 e. The fourth-order valence-electron chi connectivity index (χ4n) is 1.96. The van der Waals surface area contributed by atoms with Crippen molar-refractivity contribution in [3.05, 3.63) is 35.4 Å². The van der Waals surface area contributed by atoms with E-state index in [0.717, 1.165) is 18.9 Å². The molecular weight excluding hydrogens is 184 g/mol. The molecule has 1 aromatic rings. The Morgan fingerprint density at radius 3 is 2.64 bits per heavy atom. The van der Waals surface area contributed by atoms with Gasteiger partial charge >= 0.3 is 0 Å². The monoisotopic (exact) mass is 197 g/mol. The maximum atomic E-state index is 13.3. The number of benzene rings is 1. The van der Waals surface area contributed by atoms with E-state index in [1.165, 1.54) is 12.1 Å². The SMILES string of the molecule is C[C@H]1CCC(c2ccc(F)cc2F)N1. The summed E-state index contributed by atoms with van der Waals surface area (Å²) in [5.41, 5.74) is 0.579. The van der Waals surface area contributed by atoms with Crippen LogP contribution >= 0.6 is 0 Å². The highest BCUT2D eigenvalue weighted by Crippen LogP contribution is 2.28.